The average Bonchev–Trinajstić information content (AvgIpc) is 2.34. The minimum atomic E-state index is 0.00780. The molecule has 1 aromatic heterocycles. The van der Waals surface area contributed by atoms with Crippen molar-refractivity contribution in [1.82, 2.24) is 9.97 Å². The quantitative estimate of drug-likeness (QED) is 0.815. The highest BCUT2D eigenvalue weighted by Gasteiger charge is 2.33. The van der Waals surface area contributed by atoms with E-state index >= 15 is 0 Å². The number of nitrogens with one attached hydrogen (secondary N) is 1. The van der Waals surface area contributed by atoms with Crippen LogP contribution in [-0.4, -0.2) is 22.1 Å². The maximum absolute atomic E-state index is 5.91. The summed E-state index contributed by atoms with van der Waals surface area (Å²) in [6.45, 7) is 2.96. The zero-order valence-electron chi connectivity index (χ0n) is 9.82. The van der Waals surface area contributed by atoms with Gasteiger partial charge in [-0.3, -0.25) is 0 Å². The molecule has 1 heterocycles. The van der Waals surface area contributed by atoms with Crippen LogP contribution in [0.1, 0.15) is 32.6 Å². The van der Waals surface area contributed by atoms with Gasteiger partial charge in [0.15, 0.2) is 0 Å². The van der Waals surface area contributed by atoms with E-state index < -0.39 is 0 Å². The van der Waals surface area contributed by atoms with Crippen LogP contribution in [0.4, 0.5) is 5.95 Å². The molecule has 3 N–H and O–H groups in total. The molecule has 0 bridgehead atoms. The molecule has 4 nitrogen and oxygen atoms in total. The molecule has 1 aliphatic rings. The molecule has 1 fully saturated rings. The zero-order valence-corrected chi connectivity index (χ0v) is 9.82. The van der Waals surface area contributed by atoms with Crippen LogP contribution in [0.15, 0.2) is 18.5 Å². The Labute approximate surface area is 96.7 Å². The van der Waals surface area contributed by atoms with Gasteiger partial charge >= 0.3 is 0 Å². The van der Waals surface area contributed by atoms with Crippen LogP contribution >= 0.6 is 0 Å². The molecular weight excluding hydrogens is 200 g/mol. The predicted molar refractivity (Wildman–Crippen MR) is 65.1 cm³/mol. The summed E-state index contributed by atoms with van der Waals surface area (Å²) in [7, 11) is 0. The first-order valence-electron chi connectivity index (χ1n) is 5.99. The minimum Gasteiger partial charge on any atom is -0.348 e. The highest BCUT2D eigenvalue weighted by Crippen LogP contribution is 2.33. The van der Waals surface area contributed by atoms with E-state index in [4.69, 9.17) is 5.73 Å². The zero-order chi connectivity index (χ0) is 11.4. The molecule has 0 unspecified atom stereocenters. The summed E-state index contributed by atoms with van der Waals surface area (Å²) < 4.78 is 0. The number of hydrogen-bond donors (Lipinski definition) is 2. The van der Waals surface area contributed by atoms with Crippen molar-refractivity contribution in [1.29, 1.82) is 0 Å². The third kappa shape index (κ3) is 2.50. The Balaban J connectivity index is 2.05. The maximum atomic E-state index is 5.91. The van der Waals surface area contributed by atoms with Crippen molar-refractivity contribution in [3.8, 4) is 0 Å². The van der Waals surface area contributed by atoms with E-state index in [1.165, 1.54) is 12.8 Å². The molecule has 88 valence electrons. The van der Waals surface area contributed by atoms with Crippen molar-refractivity contribution in [2.45, 2.75) is 38.1 Å². The number of nitrogens with two attached hydrogens (primary N) is 1. The maximum Gasteiger partial charge on any atom is 0.223 e. The first-order valence-corrected chi connectivity index (χ1v) is 5.99. The second-order valence-electron chi connectivity index (χ2n) is 4.86. The molecule has 1 saturated carbocycles. The van der Waals surface area contributed by atoms with Gasteiger partial charge in [0.2, 0.25) is 5.95 Å². The van der Waals surface area contributed by atoms with E-state index in [2.05, 4.69) is 22.2 Å². The van der Waals surface area contributed by atoms with E-state index in [0.717, 1.165) is 18.8 Å². The van der Waals surface area contributed by atoms with Crippen LogP contribution in [0.3, 0.4) is 0 Å². The number of rotatable bonds is 3. The summed E-state index contributed by atoms with van der Waals surface area (Å²) in [6.07, 6.45) is 8.20. The molecule has 0 atom stereocenters. The summed E-state index contributed by atoms with van der Waals surface area (Å²) >= 11 is 0. The van der Waals surface area contributed by atoms with Crippen LogP contribution in [0.25, 0.3) is 0 Å². The van der Waals surface area contributed by atoms with Gasteiger partial charge in [0, 0.05) is 18.9 Å². The third-order valence-corrected chi connectivity index (χ3v) is 3.56. The molecule has 4 heteroatoms. The number of nitrogens with zero attached hydrogens (tertiary/aromatic N) is 2. The van der Waals surface area contributed by atoms with Crippen LogP contribution in [0.5, 0.6) is 0 Å². The monoisotopic (exact) mass is 220 g/mol. The summed E-state index contributed by atoms with van der Waals surface area (Å²) in [5.41, 5.74) is 5.92. The summed E-state index contributed by atoms with van der Waals surface area (Å²) in [6, 6.07) is 1.82. The SMILES string of the molecule is CC1CCC(CN)(Nc2ncccn2)CC1. The first-order chi connectivity index (χ1) is 7.74. The predicted octanol–water partition coefficient (Wildman–Crippen LogP) is 1.80. The largest absolute Gasteiger partial charge is 0.348 e. The normalized spacial score (nSPS) is 30.0. The van der Waals surface area contributed by atoms with Crippen LogP contribution in [0.2, 0.25) is 0 Å². The number of hydrogen-bond acceptors (Lipinski definition) is 4. The summed E-state index contributed by atoms with van der Waals surface area (Å²) in [5.74, 6) is 1.51. The Kier molecular flexibility index (Phi) is 3.39. The highest BCUT2D eigenvalue weighted by atomic mass is 15.1. The second-order valence-corrected chi connectivity index (χ2v) is 4.86. The van der Waals surface area contributed by atoms with Crippen molar-refractivity contribution in [3.63, 3.8) is 0 Å². The molecule has 0 aliphatic heterocycles. The third-order valence-electron chi connectivity index (χ3n) is 3.56. The Morgan fingerprint density at radius 1 is 1.38 bits per heavy atom. The lowest BCUT2D eigenvalue weighted by atomic mass is 9.77. The fraction of sp³-hybridized carbons (Fsp3) is 0.667. The van der Waals surface area contributed by atoms with Crippen LogP contribution < -0.4 is 11.1 Å². The van der Waals surface area contributed by atoms with Crippen LogP contribution in [-0.2, 0) is 0 Å². The van der Waals surface area contributed by atoms with Gasteiger partial charge in [0.25, 0.3) is 0 Å². The molecule has 16 heavy (non-hydrogen) atoms. The molecular formula is C12H20N4. The van der Waals surface area contributed by atoms with Gasteiger partial charge in [0.05, 0.1) is 5.54 Å². The van der Waals surface area contributed by atoms with E-state index in [-0.39, 0.29) is 5.54 Å². The van der Waals surface area contributed by atoms with Gasteiger partial charge in [-0.15, -0.1) is 0 Å². The Bertz CT molecular complexity index is 317. The van der Waals surface area contributed by atoms with Crippen molar-refractivity contribution in [3.05, 3.63) is 18.5 Å². The lowest BCUT2D eigenvalue weighted by Gasteiger charge is -2.39. The minimum absolute atomic E-state index is 0.00780. The summed E-state index contributed by atoms with van der Waals surface area (Å²) in [4.78, 5) is 8.41. The number of anilines is 1. The Morgan fingerprint density at radius 3 is 2.56 bits per heavy atom. The molecule has 1 aliphatic carbocycles. The Morgan fingerprint density at radius 2 is 2.00 bits per heavy atom. The second kappa shape index (κ2) is 4.78. The highest BCUT2D eigenvalue weighted by molar-refractivity contribution is 5.29. The molecule has 0 radical (unpaired) electrons. The van der Waals surface area contributed by atoms with Gasteiger partial charge in [-0.05, 0) is 37.7 Å². The topological polar surface area (TPSA) is 63.8 Å². The van der Waals surface area contributed by atoms with Crippen molar-refractivity contribution in [2.75, 3.05) is 11.9 Å². The molecule has 0 spiro atoms. The lowest BCUT2D eigenvalue weighted by molar-refractivity contribution is 0.270. The fourth-order valence-electron chi connectivity index (χ4n) is 2.30. The van der Waals surface area contributed by atoms with Gasteiger partial charge in [-0.25, -0.2) is 9.97 Å². The number of aromatic nitrogens is 2. The molecule has 2 rings (SSSR count). The van der Waals surface area contributed by atoms with Gasteiger partial charge < -0.3 is 11.1 Å². The summed E-state index contributed by atoms with van der Waals surface area (Å²) in [5, 5.41) is 3.42. The van der Waals surface area contributed by atoms with Crippen molar-refractivity contribution in [2.24, 2.45) is 11.7 Å². The van der Waals surface area contributed by atoms with E-state index in [1.807, 2.05) is 6.07 Å². The Hall–Kier alpha value is -1.16. The molecule has 0 amide bonds. The standard InChI is InChI=1S/C12H20N4/c1-10-3-5-12(9-13,6-4-10)16-11-14-7-2-8-15-11/h2,7-8,10H,3-6,9,13H2,1H3,(H,14,15,16). The fourth-order valence-corrected chi connectivity index (χ4v) is 2.30. The van der Waals surface area contributed by atoms with Crippen LogP contribution in [0, 0.1) is 5.92 Å². The average molecular weight is 220 g/mol. The smallest absolute Gasteiger partial charge is 0.223 e. The van der Waals surface area contributed by atoms with E-state index in [1.54, 1.807) is 12.4 Å². The molecule has 1 aromatic rings. The van der Waals surface area contributed by atoms with Gasteiger partial charge in [-0.2, -0.15) is 0 Å². The van der Waals surface area contributed by atoms with Gasteiger partial charge in [0.1, 0.15) is 0 Å². The molecule has 0 saturated heterocycles. The van der Waals surface area contributed by atoms with Gasteiger partial charge in [-0.1, -0.05) is 6.92 Å². The lowest BCUT2D eigenvalue weighted by Crippen LogP contribution is -2.48. The van der Waals surface area contributed by atoms with E-state index in [0.29, 0.717) is 12.5 Å². The van der Waals surface area contributed by atoms with Crippen molar-refractivity contribution < 1.29 is 0 Å². The van der Waals surface area contributed by atoms with Crippen molar-refractivity contribution >= 4 is 5.95 Å². The van der Waals surface area contributed by atoms with E-state index in [9.17, 15) is 0 Å². The first kappa shape index (κ1) is 11.3. The molecule has 0 aromatic carbocycles.